The van der Waals surface area contributed by atoms with Crippen LogP contribution in [0, 0.1) is 12.8 Å². The van der Waals surface area contributed by atoms with Crippen molar-refractivity contribution in [1.82, 2.24) is 10.2 Å². The van der Waals surface area contributed by atoms with E-state index < -0.39 is 0 Å². The maximum atomic E-state index is 3.53. The summed E-state index contributed by atoms with van der Waals surface area (Å²) in [6.45, 7) is 10.4. The van der Waals surface area contributed by atoms with Crippen molar-refractivity contribution in [2.45, 2.75) is 26.8 Å². The quantitative estimate of drug-likeness (QED) is 0.793. The molecule has 0 amide bonds. The van der Waals surface area contributed by atoms with Crippen LogP contribution < -0.4 is 5.32 Å². The van der Waals surface area contributed by atoms with Crippen molar-refractivity contribution in [2.75, 3.05) is 26.2 Å². The first-order chi connectivity index (χ1) is 7.74. The number of aryl methyl sites for hydroxylation is 1. The lowest BCUT2D eigenvalue weighted by atomic mass is 10.2. The highest BCUT2D eigenvalue weighted by atomic mass is 32.1. The maximum absolute atomic E-state index is 3.53. The molecule has 1 fully saturated rings. The molecule has 90 valence electrons. The summed E-state index contributed by atoms with van der Waals surface area (Å²) in [5, 5.41) is 3.53. The summed E-state index contributed by atoms with van der Waals surface area (Å²) in [5.41, 5.74) is 0. The third-order valence-corrected chi connectivity index (χ3v) is 4.21. The molecular formula is C13H22N2S. The Morgan fingerprint density at radius 1 is 1.50 bits per heavy atom. The van der Waals surface area contributed by atoms with Crippen LogP contribution in [0.3, 0.4) is 0 Å². The molecule has 0 aliphatic carbocycles. The zero-order valence-electron chi connectivity index (χ0n) is 10.3. The summed E-state index contributed by atoms with van der Waals surface area (Å²) >= 11 is 1.89. The number of nitrogens with zero attached hydrogens (tertiary/aromatic N) is 1. The highest BCUT2D eigenvalue weighted by Crippen LogP contribution is 2.15. The van der Waals surface area contributed by atoms with E-state index in [1.54, 1.807) is 0 Å². The molecule has 2 nitrogen and oxygen atoms in total. The fourth-order valence-electron chi connectivity index (χ4n) is 2.26. The van der Waals surface area contributed by atoms with Crippen molar-refractivity contribution in [3.8, 4) is 0 Å². The number of hydrogen-bond acceptors (Lipinski definition) is 3. The largest absolute Gasteiger partial charge is 0.311 e. The van der Waals surface area contributed by atoms with Crippen LogP contribution in [-0.2, 0) is 6.54 Å². The van der Waals surface area contributed by atoms with Gasteiger partial charge in [0, 0.05) is 35.9 Å². The highest BCUT2D eigenvalue weighted by molar-refractivity contribution is 7.11. The maximum Gasteiger partial charge on any atom is 0.0300 e. The van der Waals surface area contributed by atoms with Gasteiger partial charge in [0.1, 0.15) is 0 Å². The van der Waals surface area contributed by atoms with E-state index in [-0.39, 0.29) is 0 Å². The standard InChI is InChI=1S/C13H22N2S/c1-11-5-7-15(10-11)8-6-14-9-13-4-3-12(2)16-13/h3-4,11,14H,5-10H2,1-2H3. The van der Waals surface area contributed by atoms with Crippen molar-refractivity contribution in [3.63, 3.8) is 0 Å². The summed E-state index contributed by atoms with van der Waals surface area (Å²) in [4.78, 5) is 5.43. The SMILES string of the molecule is Cc1ccc(CNCCN2CCC(C)C2)s1. The van der Waals surface area contributed by atoms with Crippen LogP contribution in [0.1, 0.15) is 23.1 Å². The van der Waals surface area contributed by atoms with E-state index in [0.29, 0.717) is 0 Å². The van der Waals surface area contributed by atoms with Crippen LogP contribution in [0.2, 0.25) is 0 Å². The van der Waals surface area contributed by atoms with E-state index in [1.807, 2.05) is 11.3 Å². The van der Waals surface area contributed by atoms with Gasteiger partial charge in [0.25, 0.3) is 0 Å². The van der Waals surface area contributed by atoms with Crippen LogP contribution in [0.5, 0.6) is 0 Å². The van der Waals surface area contributed by atoms with Crippen molar-refractivity contribution in [1.29, 1.82) is 0 Å². The second-order valence-corrected chi connectivity index (χ2v) is 6.26. The van der Waals surface area contributed by atoms with Gasteiger partial charge in [-0.1, -0.05) is 6.92 Å². The van der Waals surface area contributed by atoms with Gasteiger partial charge in [0.05, 0.1) is 0 Å². The first-order valence-electron chi connectivity index (χ1n) is 6.22. The lowest BCUT2D eigenvalue weighted by Crippen LogP contribution is -2.30. The molecule has 1 aliphatic rings. The van der Waals surface area contributed by atoms with Crippen molar-refractivity contribution in [3.05, 3.63) is 21.9 Å². The summed E-state index contributed by atoms with van der Waals surface area (Å²) < 4.78 is 0. The van der Waals surface area contributed by atoms with Gasteiger partial charge in [-0.15, -0.1) is 11.3 Å². The zero-order chi connectivity index (χ0) is 11.4. The van der Waals surface area contributed by atoms with Gasteiger partial charge in [0.15, 0.2) is 0 Å². The van der Waals surface area contributed by atoms with E-state index in [1.165, 1.54) is 35.8 Å². The third-order valence-electron chi connectivity index (χ3n) is 3.21. The van der Waals surface area contributed by atoms with Crippen LogP contribution >= 0.6 is 11.3 Å². The molecule has 0 radical (unpaired) electrons. The van der Waals surface area contributed by atoms with Gasteiger partial charge in [0.2, 0.25) is 0 Å². The Hall–Kier alpha value is -0.380. The smallest absolute Gasteiger partial charge is 0.0300 e. The van der Waals surface area contributed by atoms with Gasteiger partial charge in [-0.3, -0.25) is 0 Å². The summed E-state index contributed by atoms with van der Waals surface area (Å²) in [6.07, 6.45) is 1.38. The molecule has 2 heterocycles. The fraction of sp³-hybridized carbons (Fsp3) is 0.692. The van der Waals surface area contributed by atoms with Gasteiger partial charge < -0.3 is 10.2 Å². The summed E-state index contributed by atoms with van der Waals surface area (Å²) in [5.74, 6) is 0.903. The molecular weight excluding hydrogens is 216 g/mol. The highest BCUT2D eigenvalue weighted by Gasteiger charge is 2.17. The first kappa shape index (κ1) is 12.1. The lowest BCUT2D eigenvalue weighted by molar-refractivity contribution is 0.325. The molecule has 0 bridgehead atoms. The second-order valence-electron chi connectivity index (χ2n) is 4.88. The average molecular weight is 238 g/mol. The molecule has 1 saturated heterocycles. The van der Waals surface area contributed by atoms with E-state index in [4.69, 9.17) is 0 Å². The molecule has 1 aromatic heterocycles. The minimum absolute atomic E-state index is 0.903. The molecule has 1 atom stereocenters. The summed E-state index contributed by atoms with van der Waals surface area (Å²) in [7, 11) is 0. The van der Waals surface area contributed by atoms with Crippen molar-refractivity contribution < 1.29 is 0 Å². The fourth-order valence-corrected chi connectivity index (χ4v) is 3.12. The zero-order valence-corrected chi connectivity index (χ0v) is 11.1. The number of likely N-dealkylation sites (tertiary alicyclic amines) is 1. The molecule has 1 N–H and O–H groups in total. The van der Waals surface area contributed by atoms with E-state index in [9.17, 15) is 0 Å². The predicted molar refractivity (Wildman–Crippen MR) is 71.0 cm³/mol. The number of thiophene rings is 1. The molecule has 0 aromatic carbocycles. The minimum Gasteiger partial charge on any atom is -0.311 e. The third kappa shape index (κ3) is 3.58. The Labute approximate surface area is 103 Å². The predicted octanol–water partition coefficient (Wildman–Crippen LogP) is 2.49. The van der Waals surface area contributed by atoms with E-state index in [0.717, 1.165) is 19.0 Å². The Morgan fingerprint density at radius 2 is 2.38 bits per heavy atom. The van der Waals surface area contributed by atoms with Gasteiger partial charge >= 0.3 is 0 Å². The first-order valence-corrected chi connectivity index (χ1v) is 7.04. The average Bonchev–Trinajstić information content (AvgIpc) is 2.83. The molecule has 0 spiro atoms. The van der Waals surface area contributed by atoms with Crippen molar-refractivity contribution in [2.24, 2.45) is 5.92 Å². The Bertz CT molecular complexity index is 321. The van der Waals surface area contributed by atoms with Crippen LogP contribution in [0.15, 0.2) is 12.1 Å². The van der Waals surface area contributed by atoms with E-state index >= 15 is 0 Å². The number of rotatable bonds is 5. The molecule has 1 aromatic rings. The Morgan fingerprint density at radius 3 is 3.00 bits per heavy atom. The molecule has 1 unspecified atom stereocenters. The molecule has 0 saturated carbocycles. The van der Waals surface area contributed by atoms with Crippen LogP contribution in [-0.4, -0.2) is 31.1 Å². The second kappa shape index (κ2) is 5.80. The van der Waals surface area contributed by atoms with Crippen LogP contribution in [0.4, 0.5) is 0 Å². The summed E-state index contributed by atoms with van der Waals surface area (Å²) in [6, 6.07) is 4.43. The number of nitrogens with one attached hydrogen (secondary N) is 1. The minimum atomic E-state index is 0.903. The van der Waals surface area contributed by atoms with Crippen molar-refractivity contribution >= 4 is 11.3 Å². The van der Waals surface area contributed by atoms with Gasteiger partial charge in [-0.25, -0.2) is 0 Å². The molecule has 2 rings (SSSR count). The monoisotopic (exact) mass is 238 g/mol. The van der Waals surface area contributed by atoms with Gasteiger partial charge in [-0.05, 0) is 37.9 Å². The van der Waals surface area contributed by atoms with E-state index in [2.05, 4.69) is 36.2 Å². The molecule has 1 aliphatic heterocycles. The normalized spacial score (nSPS) is 21.8. The Kier molecular flexibility index (Phi) is 4.38. The molecule has 16 heavy (non-hydrogen) atoms. The van der Waals surface area contributed by atoms with Gasteiger partial charge in [-0.2, -0.15) is 0 Å². The Balaban J connectivity index is 1.58. The van der Waals surface area contributed by atoms with Crippen LogP contribution in [0.25, 0.3) is 0 Å². The number of hydrogen-bond donors (Lipinski definition) is 1. The lowest BCUT2D eigenvalue weighted by Gasteiger charge is -2.15. The topological polar surface area (TPSA) is 15.3 Å². The molecule has 3 heteroatoms.